The van der Waals surface area contributed by atoms with E-state index in [0.29, 0.717) is 30.5 Å². The van der Waals surface area contributed by atoms with E-state index in [1.807, 2.05) is 83.1 Å². The lowest BCUT2D eigenvalue weighted by Crippen LogP contribution is -2.39. The number of Topliss-reactive ketones (excluding diaryl/α,β-unsaturated/α-hetero) is 2. The number of hydrazine groups is 1. The predicted octanol–water partition coefficient (Wildman–Crippen LogP) is 9.82. The van der Waals surface area contributed by atoms with Crippen molar-refractivity contribution in [2.24, 2.45) is 32.5 Å². The number of ketones is 2. The molecule has 0 aromatic carbocycles. The number of nitrogens with zero attached hydrogens (tertiary/aromatic N) is 3. The molecule has 0 saturated carbocycles. The van der Waals surface area contributed by atoms with E-state index in [0.717, 1.165) is 42.2 Å². The second-order valence-electron chi connectivity index (χ2n) is 20.5. The van der Waals surface area contributed by atoms with Crippen LogP contribution >= 0.6 is 0 Å². The Labute approximate surface area is 323 Å². The fourth-order valence-corrected chi connectivity index (χ4v) is 5.08. The van der Waals surface area contributed by atoms with Gasteiger partial charge in [-0.15, -0.1) is 5.06 Å². The minimum atomic E-state index is -0.595. The molecule has 0 aromatic heterocycles. The van der Waals surface area contributed by atoms with Gasteiger partial charge in [0.2, 0.25) is 0 Å². The summed E-state index contributed by atoms with van der Waals surface area (Å²) in [6.07, 6.45) is 1.89. The second kappa shape index (κ2) is 17.8. The van der Waals surface area contributed by atoms with Gasteiger partial charge in [0, 0.05) is 77.0 Å². The fraction of sp³-hybridized carbons (Fsp3) is 0.682. The Hall–Kier alpha value is -3.46. The molecule has 0 atom stereocenters. The normalized spacial score (nSPS) is 15.8. The molecule has 53 heavy (non-hydrogen) atoms. The Kier molecular flexibility index (Phi) is 16.6. The molecule has 2 heterocycles. The Bertz CT molecular complexity index is 1420. The molecule has 0 aliphatic carbocycles. The third-order valence-corrected chi connectivity index (χ3v) is 9.16. The monoisotopic (exact) mass is 741 g/mol. The van der Waals surface area contributed by atoms with Gasteiger partial charge in [0.15, 0.2) is 0 Å². The summed E-state index contributed by atoms with van der Waals surface area (Å²) in [7, 11) is 0. The standard InChI is InChI=1S/C17H30N2O.C15H27NO.C12H19NO3/c1-13(12-15(20)17(6,7)8)18-10-9-11-19(18)14(2)16(3,4)5;1-11(14(3,4)5)10-16-12(2)9-13(17)15(6,7)8;1-11(2,3)7-8(12(4,5)6)10(15)13(16)9(7)14/h1-2,9-12H2,3-8H3;16H,1-2,9-10H2,3-8H3;16H,1-6H3. The van der Waals surface area contributed by atoms with Crippen molar-refractivity contribution in [2.75, 3.05) is 19.6 Å². The van der Waals surface area contributed by atoms with Gasteiger partial charge in [-0.1, -0.05) is 157 Å². The minimum absolute atomic E-state index is 0.0247. The maximum absolute atomic E-state index is 12.2. The van der Waals surface area contributed by atoms with Crippen molar-refractivity contribution >= 4 is 23.4 Å². The zero-order valence-electron chi connectivity index (χ0n) is 37.0. The van der Waals surface area contributed by atoms with Crippen LogP contribution in [0.5, 0.6) is 0 Å². The van der Waals surface area contributed by atoms with Crippen molar-refractivity contribution < 1.29 is 24.4 Å². The number of imide groups is 1. The van der Waals surface area contributed by atoms with E-state index in [2.05, 4.69) is 83.2 Å². The molecule has 0 bridgehead atoms. The van der Waals surface area contributed by atoms with Gasteiger partial charge in [-0.25, -0.2) is 0 Å². The average molecular weight is 741 g/mol. The zero-order chi connectivity index (χ0) is 42.5. The first kappa shape index (κ1) is 49.5. The molecule has 2 aliphatic rings. The number of carbonyl (C=O) groups is 4. The van der Waals surface area contributed by atoms with E-state index in [9.17, 15) is 24.4 Å². The molecule has 2 amide bonds. The molecule has 2 N–H and O–H groups in total. The number of nitrogens with one attached hydrogen (secondary N) is 1. The maximum atomic E-state index is 12.2. The maximum Gasteiger partial charge on any atom is 0.281 e. The van der Waals surface area contributed by atoms with Crippen LogP contribution in [0.4, 0.5) is 0 Å². The Morgan fingerprint density at radius 2 is 0.981 bits per heavy atom. The molecule has 0 radical (unpaired) electrons. The third kappa shape index (κ3) is 15.1. The van der Waals surface area contributed by atoms with Gasteiger partial charge >= 0.3 is 0 Å². The Morgan fingerprint density at radius 1 is 0.604 bits per heavy atom. The van der Waals surface area contributed by atoms with Crippen LogP contribution in [0.25, 0.3) is 0 Å². The van der Waals surface area contributed by atoms with E-state index in [4.69, 9.17) is 0 Å². The van der Waals surface area contributed by atoms with Crippen LogP contribution in [0.1, 0.15) is 144 Å². The van der Waals surface area contributed by atoms with Crippen molar-refractivity contribution in [3.05, 3.63) is 60.1 Å². The first-order valence-corrected chi connectivity index (χ1v) is 18.8. The van der Waals surface area contributed by atoms with Crippen molar-refractivity contribution in [1.82, 2.24) is 20.4 Å². The van der Waals surface area contributed by atoms with Crippen molar-refractivity contribution in [1.29, 1.82) is 0 Å². The van der Waals surface area contributed by atoms with E-state index >= 15 is 0 Å². The van der Waals surface area contributed by atoms with Crippen LogP contribution in [-0.4, -0.2) is 63.3 Å². The smallest absolute Gasteiger partial charge is 0.281 e. The van der Waals surface area contributed by atoms with Crippen LogP contribution in [0, 0.1) is 32.5 Å². The van der Waals surface area contributed by atoms with Gasteiger partial charge in [-0.3, -0.25) is 34.4 Å². The average Bonchev–Trinajstić information content (AvgIpc) is 3.53. The van der Waals surface area contributed by atoms with E-state index in [1.54, 1.807) is 0 Å². The van der Waals surface area contributed by atoms with Crippen molar-refractivity contribution in [3.8, 4) is 0 Å². The first-order valence-electron chi connectivity index (χ1n) is 18.8. The largest absolute Gasteiger partial charge is 0.385 e. The predicted molar refractivity (Wildman–Crippen MR) is 219 cm³/mol. The summed E-state index contributed by atoms with van der Waals surface area (Å²) in [6, 6.07) is 0. The SMILES string of the molecule is C=C(CC(=O)C(C)(C)C)N1CCCN1C(=C)C(C)(C)C.C=C(CC(=O)C(C)(C)C)NCC(=C)C(C)(C)C.CC(C)(C)C1=C(C(C)(C)C)C(=O)N(O)C1=O. The van der Waals surface area contributed by atoms with Crippen LogP contribution in [0.3, 0.4) is 0 Å². The molecule has 1 saturated heterocycles. The summed E-state index contributed by atoms with van der Waals surface area (Å²) in [4.78, 5) is 47.6. The summed E-state index contributed by atoms with van der Waals surface area (Å²) >= 11 is 0. The van der Waals surface area contributed by atoms with Gasteiger partial charge in [-0.2, -0.15) is 0 Å². The highest BCUT2D eigenvalue weighted by Crippen LogP contribution is 2.42. The van der Waals surface area contributed by atoms with Crippen LogP contribution < -0.4 is 5.32 Å². The topological polar surface area (TPSA) is 110 Å². The summed E-state index contributed by atoms with van der Waals surface area (Å²) in [5.41, 5.74) is 3.27. The fourth-order valence-electron chi connectivity index (χ4n) is 5.08. The summed E-state index contributed by atoms with van der Waals surface area (Å²) in [5, 5.41) is 17.2. The number of rotatable bonds is 9. The second-order valence-corrected chi connectivity index (χ2v) is 20.5. The minimum Gasteiger partial charge on any atom is -0.385 e. The molecule has 0 spiro atoms. The van der Waals surface area contributed by atoms with Gasteiger partial charge in [0.05, 0.1) is 0 Å². The molecular formula is C44H76N4O5. The van der Waals surface area contributed by atoms with Crippen molar-refractivity contribution in [2.45, 2.75) is 144 Å². The van der Waals surface area contributed by atoms with E-state index < -0.39 is 22.6 Å². The van der Waals surface area contributed by atoms with Gasteiger partial charge in [-0.05, 0) is 22.7 Å². The molecule has 0 aromatic rings. The molecule has 9 nitrogen and oxygen atoms in total. The molecule has 302 valence electrons. The highest BCUT2D eigenvalue weighted by atomic mass is 16.5. The molecule has 2 aliphatic heterocycles. The lowest BCUT2D eigenvalue weighted by molar-refractivity contribution is -0.170. The number of hydroxylamine groups is 2. The summed E-state index contributed by atoms with van der Waals surface area (Å²) in [5.74, 6) is -0.753. The van der Waals surface area contributed by atoms with Gasteiger partial charge in [0.1, 0.15) is 11.6 Å². The lowest BCUT2D eigenvalue weighted by atomic mass is 9.76. The number of hydrogen-bond acceptors (Lipinski definition) is 8. The van der Waals surface area contributed by atoms with E-state index in [1.165, 1.54) is 0 Å². The molecule has 0 unspecified atom stereocenters. The zero-order valence-corrected chi connectivity index (χ0v) is 37.0. The van der Waals surface area contributed by atoms with Crippen LogP contribution in [-0.2, 0) is 19.2 Å². The highest BCUT2D eigenvalue weighted by molar-refractivity contribution is 6.19. The Balaban J connectivity index is 0.000000771. The summed E-state index contributed by atoms with van der Waals surface area (Å²) < 4.78 is 0. The van der Waals surface area contributed by atoms with Crippen LogP contribution in [0.2, 0.25) is 0 Å². The number of carbonyl (C=O) groups excluding carboxylic acids is 4. The third-order valence-electron chi connectivity index (χ3n) is 9.16. The quantitative estimate of drug-likeness (QED) is 0.137. The van der Waals surface area contributed by atoms with Crippen molar-refractivity contribution in [3.63, 3.8) is 0 Å². The molecule has 2 rings (SSSR count). The van der Waals surface area contributed by atoms with Crippen LogP contribution in [0.15, 0.2) is 60.1 Å². The first-order chi connectivity index (χ1) is 23.4. The number of allylic oxidation sites excluding steroid dienone is 3. The highest BCUT2D eigenvalue weighted by Gasteiger charge is 2.46. The molecule has 1 fully saturated rings. The lowest BCUT2D eigenvalue weighted by Gasteiger charge is -2.39. The van der Waals surface area contributed by atoms with E-state index in [-0.39, 0.29) is 38.3 Å². The number of amides is 2. The number of hydrogen-bond donors (Lipinski definition) is 2. The summed E-state index contributed by atoms with van der Waals surface area (Å²) in [6.45, 7) is 54.5. The molecule has 9 heteroatoms. The van der Waals surface area contributed by atoms with Gasteiger partial charge in [0.25, 0.3) is 11.8 Å². The molecular weight excluding hydrogens is 665 g/mol. The van der Waals surface area contributed by atoms with Gasteiger partial charge < -0.3 is 5.32 Å². The Morgan fingerprint density at radius 3 is 1.32 bits per heavy atom.